The Hall–Kier alpha value is -2.06. The van der Waals surface area contributed by atoms with Crippen LogP contribution in [0.3, 0.4) is 0 Å². The zero-order chi connectivity index (χ0) is 16.8. The van der Waals surface area contributed by atoms with Crippen LogP contribution in [-0.4, -0.2) is 23.8 Å². The molecular formula is C15H20N4O3S. The summed E-state index contributed by atoms with van der Waals surface area (Å²) in [5, 5.41) is 3.92. The van der Waals surface area contributed by atoms with E-state index < -0.39 is 21.7 Å². The molecule has 0 spiro atoms. The average molecular weight is 336 g/mol. The summed E-state index contributed by atoms with van der Waals surface area (Å²) in [5.74, 6) is 0.648. The van der Waals surface area contributed by atoms with Gasteiger partial charge in [-0.05, 0) is 32.0 Å². The number of sulfonamides is 1. The lowest BCUT2D eigenvalue weighted by atomic mass is 9.90. The third kappa shape index (κ3) is 3.18. The van der Waals surface area contributed by atoms with E-state index in [0.717, 1.165) is 5.56 Å². The zero-order valence-electron chi connectivity index (χ0n) is 13.3. The fraction of sp³-hybridized carbons (Fsp3) is 0.400. The number of nitrogens with zero attached hydrogens (tertiary/aromatic N) is 2. The minimum atomic E-state index is -3.67. The number of nitrogens with one attached hydrogen (secondary N) is 1. The Morgan fingerprint density at radius 3 is 2.83 bits per heavy atom. The van der Waals surface area contributed by atoms with Crippen molar-refractivity contribution in [2.45, 2.75) is 36.8 Å². The van der Waals surface area contributed by atoms with E-state index >= 15 is 0 Å². The molecule has 0 radical (unpaired) electrons. The maximum atomic E-state index is 12.6. The van der Waals surface area contributed by atoms with Crippen LogP contribution in [0.1, 0.15) is 31.9 Å². The summed E-state index contributed by atoms with van der Waals surface area (Å²) in [6.45, 7) is 3.86. The van der Waals surface area contributed by atoms with E-state index in [4.69, 9.17) is 10.5 Å². The van der Waals surface area contributed by atoms with Crippen LogP contribution in [0.5, 0.6) is 5.75 Å². The number of fused-ring (bicyclic) bond motifs is 1. The maximum absolute atomic E-state index is 12.6. The topological polar surface area (TPSA) is 99.2 Å². The molecule has 1 aliphatic rings. The van der Waals surface area contributed by atoms with Crippen LogP contribution in [0.4, 0.5) is 5.69 Å². The lowest BCUT2D eigenvalue weighted by Crippen LogP contribution is -2.41. The number of hydrogen-bond donors (Lipinski definition) is 2. The lowest BCUT2D eigenvalue weighted by molar-refractivity contribution is 0.0702. The number of aromatic nitrogens is 2. The van der Waals surface area contributed by atoms with Crippen molar-refractivity contribution in [3.63, 3.8) is 0 Å². The average Bonchev–Trinajstić information content (AvgIpc) is 2.86. The number of nitrogen functional groups attached to an aromatic ring is 1. The SMILES string of the molecule is Cn1cc(S(=O)(=O)NC2CC(C)(C)Oc3ccc(N)cc32)cn1. The highest BCUT2D eigenvalue weighted by molar-refractivity contribution is 7.89. The third-order valence-corrected chi connectivity index (χ3v) is 5.21. The Kier molecular flexibility index (Phi) is 3.61. The number of benzene rings is 1. The molecule has 3 rings (SSSR count). The first-order valence-electron chi connectivity index (χ1n) is 7.26. The van der Waals surface area contributed by atoms with Crippen LogP contribution in [0.15, 0.2) is 35.5 Å². The highest BCUT2D eigenvalue weighted by Crippen LogP contribution is 2.40. The van der Waals surface area contributed by atoms with Crippen molar-refractivity contribution in [3.8, 4) is 5.75 Å². The van der Waals surface area contributed by atoms with Crippen molar-refractivity contribution in [1.29, 1.82) is 0 Å². The fourth-order valence-corrected chi connectivity index (χ4v) is 3.97. The van der Waals surface area contributed by atoms with Crippen molar-refractivity contribution < 1.29 is 13.2 Å². The first kappa shape index (κ1) is 15.8. The van der Waals surface area contributed by atoms with Crippen molar-refractivity contribution in [2.75, 3.05) is 5.73 Å². The van der Waals surface area contributed by atoms with Gasteiger partial charge in [-0.1, -0.05) is 0 Å². The minimum Gasteiger partial charge on any atom is -0.487 e. The highest BCUT2D eigenvalue weighted by Gasteiger charge is 2.36. The second-order valence-electron chi connectivity index (χ2n) is 6.39. The van der Waals surface area contributed by atoms with Crippen LogP contribution < -0.4 is 15.2 Å². The Labute approximate surface area is 135 Å². The normalized spacial score (nSPS) is 19.9. The van der Waals surface area contributed by atoms with E-state index in [1.165, 1.54) is 17.1 Å². The summed E-state index contributed by atoms with van der Waals surface area (Å²) in [6.07, 6.45) is 3.29. The van der Waals surface area contributed by atoms with Gasteiger partial charge in [0.15, 0.2) is 0 Å². The molecule has 1 aliphatic heterocycles. The van der Waals surface area contributed by atoms with Gasteiger partial charge in [-0.15, -0.1) is 0 Å². The van der Waals surface area contributed by atoms with E-state index in [0.29, 0.717) is 17.9 Å². The van der Waals surface area contributed by atoms with Crippen LogP contribution in [0.2, 0.25) is 0 Å². The van der Waals surface area contributed by atoms with Gasteiger partial charge in [0.05, 0.1) is 12.2 Å². The number of ether oxygens (including phenoxy) is 1. The molecule has 1 atom stereocenters. The van der Waals surface area contributed by atoms with Gasteiger partial charge in [-0.25, -0.2) is 13.1 Å². The minimum absolute atomic E-state index is 0.134. The van der Waals surface area contributed by atoms with Crippen molar-refractivity contribution in [2.24, 2.45) is 7.05 Å². The molecule has 8 heteroatoms. The molecule has 0 saturated carbocycles. The molecule has 3 N–H and O–H groups in total. The molecule has 0 bridgehead atoms. The fourth-order valence-electron chi connectivity index (χ4n) is 2.77. The number of rotatable bonds is 3. The van der Waals surface area contributed by atoms with Gasteiger partial charge in [0.1, 0.15) is 16.2 Å². The van der Waals surface area contributed by atoms with Crippen LogP contribution >= 0.6 is 0 Å². The molecule has 124 valence electrons. The van der Waals surface area contributed by atoms with Crippen LogP contribution in [0.25, 0.3) is 0 Å². The van der Waals surface area contributed by atoms with Gasteiger partial charge in [-0.3, -0.25) is 4.68 Å². The third-order valence-electron chi connectivity index (χ3n) is 3.78. The second-order valence-corrected chi connectivity index (χ2v) is 8.10. The quantitative estimate of drug-likeness (QED) is 0.829. The zero-order valence-corrected chi connectivity index (χ0v) is 14.1. The van der Waals surface area contributed by atoms with Gasteiger partial charge in [0, 0.05) is 30.9 Å². The van der Waals surface area contributed by atoms with E-state index in [1.54, 1.807) is 25.2 Å². The van der Waals surface area contributed by atoms with Crippen molar-refractivity contribution in [3.05, 3.63) is 36.2 Å². The Morgan fingerprint density at radius 1 is 1.43 bits per heavy atom. The predicted molar refractivity (Wildman–Crippen MR) is 86.4 cm³/mol. The Bertz CT molecular complexity index is 842. The molecule has 1 aromatic heterocycles. The van der Waals surface area contributed by atoms with Gasteiger partial charge >= 0.3 is 0 Å². The highest BCUT2D eigenvalue weighted by atomic mass is 32.2. The van der Waals surface area contributed by atoms with Gasteiger partial charge in [0.25, 0.3) is 0 Å². The van der Waals surface area contributed by atoms with E-state index in [-0.39, 0.29) is 4.90 Å². The largest absolute Gasteiger partial charge is 0.487 e. The summed E-state index contributed by atoms with van der Waals surface area (Å²) >= 11 is 0. The number of aryl methyl sites for hydroxylation is 1. The molecule has 1 aromatic carbocycles. The van der Waals surface area contributed by atoms with Crippen molar-refractivity contribution in [1.82, 2.24) is 14.5 Å². The first-order valence-corrected chi connectivity index (χ1v) is 8.74. The molecule has 0 aliphatic carbocycles. The number of anilines is 1. The molecular weight excluding hydrogens is 316 g/mol. The van der Waals surface area contributed by atoms with Gasteiger partial charge < -0.3 is 10.5 Å². The summed E-state index contributed by atoms with van der Waals surface area (Å²) in [4.78, 5) is 0.134. The molecule has 0 fully saturated rings. The molecule has 2 aromatic rings. The Morgan fingerprint density at radius 2 is 2.17 bits per heavy atom. The summed E-state index contributed by atoms with van der Waals surface area (Å²) < 4.78 is 35.3. The molecule has 7 nitrogen and oxygen atoms in total. The Balaban J connectivity index is 1.98. The molecule has 1 unspecified atom stereocenters. The van der Waals surface area contributed by atoms with Crippen molar-refractivity contribution >= 4 is 15.7 Å². The van der Waals surface area contributed by atoms with Gasteiger partial charge in [0.2, 0.25) is 10.0 Å². The first-order chi connectivity index (χ1) is 10.7. The summed E-state index contributed by atoms with van der Waals surface area (Å²) in [5.41, 5.74) is 6.68. The summed E-state index contributed by atoms with van der Waals surface area (Å²) in [7, 11) is -2.00. The lowest BCUT2D eigenvalue weighted by Gasteiger charge is -2.37. The predicted octanol–water partition coefficient (Wildman–Crippen LogP) is 1.58. The van der Waals surface area contributed by atoms with Gasteiger partial charge in [-0.2, -0.15) is 5.10 Å². The molecule has 0 amide bonds. The van der Waals surface area contributed by atoms with E-state index in [1.807, 2.05) is 13.8 Å². The molecule has 0 saturated heterocycles. The smallest absolute Gasteiger partial charge is 0.244 e. The van der Waals surface area contributed by atoms with E-state index in [2.05, 4.69) is 9.82 Å². The molecule has 2 heterocycles. The van der Waals surface area contributed by atoms with Crippen LogP contribution in [-0.2, 0) is 17.1 Å². The monoisotopic (exact) mass is 336 g/mol. The maximum Gasteiger partial charge on any atom is 0.244 e. The van der Waals surface area contributed by atoms with Crippen LogP contribution in [0, 0.1) is 0 Å². The molecule has 23 heavy (non-hydrogen) atoms. The number of hydrogen-bond acceptors (Lipinski definition) is 5. The van der Waals surface area contributed by atoms with E-state index in [9.17, 15) is 8.42 Å². The second kappa shape index (κ2) is 5.24. The standard InChI is InChI=1S/C15H20N4O3S/c1-15(2)7-13(12-6-10(16)4-5-14(12)22-15)18-23(20,21)11-8-17-19(3)9-11/h4-6,8-9,13,18H,7,16H2,1-3H3. The number of nitrogens with two attached hydrogens (primary N) is 1. The summed E-state index contributed by atoms with van der Waals surface area (Å²) in [6, 6.07) is 4.85.